The van der Waals surface area contributed by atoms with Gasteiger partial charge in [-0.1, -0.05) is 48.5 Å². The standard InChI is InChI=1S/C26H25N3O8S/c1-18(38(35,36)22-14-12-21(13-15-22)37-20-10-6-3-7-11-20)26(33,24(31)27-34)29-23(30)17-28(25(29)32)16-19-8-4-2-5-9-19/h2-15,17-18,30,33-34H,16H2,1H3,(H,27,31). The van der Waals surface area contributed by atoms with Crippen molar-refractivity contribution >= 4 is 15.7 Å². The van der Waals surface area contributed by atoms with Crippen LogP contribution >= 0.6 is 0 Å². The van der Waals surface area contributed by atoms with E-state index in [1.54, 1.807) is 54.6 Å². The number of nitrogens with one attached hydrogen (secondary N) is 1. The number of ether oxygens (including phenoxy) is 1. The number of para-hydroxylation sites is 1. The number of aromatic hydroxyl groups is 1. The first-order chi connectivity index (χ1) is 18.1. The molecule has 0 aliphatic heterocycles. The first-order valence-electron chi connectivity index (χ1n) is 11.4. The van der Waals surface area contributed by atoms with Crippen molar-refractivity contribution in [3.63, 3.8) is 0 Å². The van der Waals surface area contributed by atoms with Gasteiger partial charge in [-0.05, 0) is 48.9 Å². The van der Waals surface area contributed by atoms with Crippen LogP contribution in [0.3, 0.4) is 0 Å². The van der Waals surface area contributed by atoms with Gasteiger partial charge >= 0.3 is 5.69 Å². The molecule has 1 heterocycles. The van der Waals surface area contributed by atoms with Crippen LogP contribution in [-0.4, -0.2) is 44.1 Å². The van der Waals surface area contributed by atoms with Gasteiger partial charge in [0.1, 0.15) is 16.7 Å². The minimum absolute atomic E-state index is 0.0406. The number of hydrogen-bond donors (Lipinski definition) is 4. The van der Waals surface area contributed by atoms with Crippen molar-refractivity contribution in [3.05, 3.63) is 107 Å². The molecular weight excluding hydrogens is 514 g/mol. The van der Waals surface area contributed by atoms with Crippen LogP contribution in [0.5, 0.6) is 17.4 Å². The van der Waals surface area contributed by atoms with Crippen molar-refractivity contribution in [1.82, 2.24) is 14.6 Å². The summed E-state index contributed by atoms with van der Waals surface area (Å²) in [6, 6.07) is 22.7. The van der Waals surface area contributed by atoms with Crippen LogP contribution in [0.2, 0.25) is 0 Å². The molecule has 0 fully saturated rings. The third-order valence-corrected chi connectivity index (χ3v) is 8.26. The molecule has 11 nitrogen and oxygen atoms in total. The SMILES string of the molecule is CC(C(O)(C(=O)NO)n1c(O)cn(Cc2ccccc2)c1=O)S(=O)(=O)c1ccc(Oc2ccccc2)cc1. The smallest absolute Gasteiger partial charge is 0.334 e. The van der Waals surface area contributed by atoms with E-state index in [4.69, 9.17) is 4.74 Å². The van der Waals surface area contributed by atoms with E-state index in [2.05, 4.69) is 0 Å². The summed E-state index contributed by atoms with van der Waals surface area (Å²) in [5.74, 6) is -1.66. The normalized spacial score (nSPS) is 13.9. The van der Waals surface area contributed by atoms with E-state index in [1.165, 1.54) is 29.7 Å². The summed E-state index contributed by atoms with van der Waals surface area (Å²) in [7, 11) is -4.53. The maximum atomic E-state index is 13.5. The van der Waals surface area contributed by atoms with Crippen LogP contribution < -0.4 is 15.9 Å². The lowest BCUT2D eigenvalue weighted by Gasteiger charge is -2.32. The minimum atomic E-state index is -4.53. The van der Waals surface area contributed by atoms with Gasteiger partial charge in [0, 0.05) is 0 Å². The van der Waals surface area contributed by atoms with Crippen LogP contribution in [0.15, 0.2) is 101 Å². The summed E-state index contributed by atoms with van der Waals surface area (Å²) in [5.41, 5.74) is -2.43. The maximum Gasteiger partial charge on any atom is 0.334 e. The van der Waals surface area contributed by atoms with Gasteiger partial charge in [-0.2, -0.15) is 0 Å². The zero-order chi connectivity index (χ0) is 27.5. The number of aliphatic hydroxyl groups is 1. The molecule has 1 amide bonds. The van der Waals surface area contributed by atoms with Crippen LogP contribution in [-0.2, 0) is 26.9 Å². The number of hydrogen-bond acceptors (Lipinski definition) is 8. The van der Waals surface area contributed by atoms with Crippen LogP contribution in [0.1, 0.15) is 12.5 Å². The highest BCUT2D eigenvalue weighted by Gasteiger charge is 2.53. The number of imidazole rings is 1. The number of aromatic nitrogens is 2. The number of carbonyl (C=O) groups excluding carboxylic acids is 1. The predicted octanol–water partition coefficient (Wildman–Crippen LogP) is 2.21. The Labute approximate surface area is 217 Å². The molecule has 4 aromatic rings. The van der Waals surface area contributed by atoms with Gasteiger partial charge in [-0.15, -0.1) is 0 Å². The molecule has 1 aromatic heterocycles. The maximum absolute atomic E-state index is 13.5. The molecule has 4 N–H and O–H groups in total. The molecule has 3 aromatic carbocycles. The Morgan fingerprint density at radius 3 is 2.11 bits per heavy atom. The largest absolute Gasteiger partial charge is 0.493 e. The van der Waals surface area contributed by atoms with Crippen molar-refractivity contribution in [1.29, 1.82) is 0 Å². The molecule has 2 unspecified atom stereocenters. The highest BCUT2D eigenvalue weighted by molar-refractivity contribution is 7.92. The summed E-state index contributed by atoms with van der Waals surface area (Å²) in [6.07, 6.45) is 0.958. The van der Waals surface area contributed by atoms with E-state index in [1.807, 2.05) is 6.07 Å². The number of carbonyl (C=O) groups is 1. The highest BCUT2D eigenvalue weighted by Crippen LogP contribution is 2.32. The first-order valence-corrected chi connectivity index (χ1v) is 12.9. The Balaban J connectivity index is 1.71. The van der Waals surface area contributed by atoms with E-state index in [0.717, 1.165) is 17.7 Å². The number of amides is 1. The Morgan fingerprint density at radius 1 is 0.974 bits per heavy atom. The number of hydroxylamine groups is 1. The lowest BCUT2D eigenvalue weighted by Crippen LogP contribution is -2.60. The first kappa shape index (κ1) is 26.7. The summed E-state index contributed by atoms with van der Waals surface area (Å²) in [5, 5.41) is 29.3. The van der Waals surface area contributed by atoms with E-state index in [-0.39, 0.29) is 16.0 Å². The molecule has 198 valence electrons. The second-order valence-corrected chi connectivity index (χ2v) is 10.7. The molecule has 4 rings (SSSR count). The monoisotopic (exact) mass is 539 g/mol. The van der Waals surface area contributed by atoms with Crippen molar-refractivity contribution in [2.24, 2.45) is 0 Å². The Bertz CT molecular complexity index is 1580. The van der Waals surface area contributed by atoms with Gasteiger partial charge in [-0.3, -0.25) is 14.6 Å². The Kier molecular flexibility index (Phi) is 7.39. The summed E-state index contributed by atoms with van der Waals surface area (Å²) in [6.45, 7) is 0.945. The topological polar surface area (TPSA) is 160 Å². The average molecular weight is 540 g/mol. The van der Waals surface area contributed by atoms with E-state index in [0.29, 0.717) is 17.1 Å². The van der Waals surface area contributed by atoms with Gasteiger partial charge in [0.2, 0.25) is 11.6 Å². The fourth-order valence-electron chi connectivity index (χ4n) is 3.99. The molecule has 0 saturated heterocycles. The zero-order valence-electron chi connectivity index (χ0n) is 20.1. The molecule has 2 atom stereocenters. The zero-order valence-corrected chi connectivity index (χ0v) is 20.9. The van der Waals surface area contributed by atoms with Gasteiger partial charge in [0.25, 0.3) is 5.91 Å². The van der Waals surface area contributed by atoms with Crippen LogP contribution in [0.25, 0.3) is 0 Å². The van der Waals surface area contributed by atoms with Gasteiger partial charge in [0.05, 0.1) is 17.6 Å². The van der Waals surface area contributed by atoms with Crippen molar-refractivity contribution < 1.29 is 33.4 Å². The summed E-state index contributed by atoms with van der Waals surface area (Å²) >= 11 is 0. The Hall–Kier alpha value is -4.39. The molecule has 38 heavy (non-hydrogen) atoms. The fraction of sp³-hybridized carbons (Fsp3) is 0.154. The van der Waals surface area contributed by atoms with E-state index >= 15 is 0 Å². The van der Waals surface area contributed by atoms with Crippen molar-refractivity contribution in [3.8, 4) is 17.4 Å². The van der Waals surface area contributed by atoms with Crippen molar-refractivity contribution in [2.75, 3.05) is 0 Å². The number of benzene rings is 3. The molecule has 0 bridgehead atoms. The van der Waals surface area contributed by atoms with E-state index < -0.39 is 38.3 Å². The molecule has 0 spiro atoms. The third-order valence-electron chi connectivity index (χ3n) is 6.07. The average Bonchev–Trinajstić information content (AvgIpc) is 3.21. The third kappa shape index (κ3) is 4.92. The molecular formula is C26H25N3O8S. The molecule has 0 saturated carbocycles. The number of sulfone groups is 1. The summed E-state index contributed by atoms with van der Waals surface area (Å²) < 4.78 is 33.9. The quantitative estimate of drug-likeness (QED) is 0.186. The van der Waals surface area contributed by atoms with Crippen LogP contribution in [0.4, 0.5) is 0 Å². The minimum Gasteiger partial charge on any atom is -0.493 e. The Morgan fingerprint density at radius 2 is 1.53 bits per heavy atom. The predicted molar refractivity (Wildman–Crippen MR) is 136 cm³/mol. The highest BCUT2D eigenvalue weighted by atomic mass is 32.2. The number of nitrogens with zero attached hydrogens (tertiary/aromatic N) is 2. The van der Waals surface area contributed by atoms with Crippen molar-refractivity contribution in [2.45, 2.75) is 29.3 Å². The van der Waals surface area contributed by atoms with E-state index in [9.17, 15) is 33.4 Å². The molecule has 0 aliphatic rings. The summed E-state index contributed by atoms with van der Waals surface area (Å²) in [4.78, 5) is 25.6. The van der Waals surface area contributed by atoms with Gasteiger partial charge in [0.15, 0.2) is 9.84 Å². The van der Waals surface area contributed by atoms with Gasteiger partial charge < -0.3 is 14.9 Å². The molecule has 12 heteroatoms. The second kappa shape index (κ2) is 10.5. The molecule has 0 aliphatic carbocycles. The lowest BCUT2D eigenvalue weighted by molar-refractivity contribution is -0.161. The van der Waals surface area contributed by atoms with Crippen LogP contribution in [0, 0.1) is 0 Å². The lowest BCUT2D eigenvalue weighted by atomic mass is 10.1. The van der Waals surface area contributed by atoms with Gasteiger partial charge in [-0.25, -0.2) is 23.3 Å². The second-order valence-electron chi connectivity index (χ2n) is 8.46. The number of rotatable bonds is 9. The molecule has 0 radical (unpaired) electrons. The fourth-order valence-corrected chi connectivity index (χ4v) is 5.55.